The van der Waals surface area contributed by atoms with Crippen molar-refractivity contribution in [3.05, 3.63) is 66.0 Å². The molecule has 120 valence electrons. The number of alkyl halides is 3. The third kappa shape index (κ3) is 3.45. The van der Waals surface area contributed by atoms with Crippen molar-refractivity contribution in [1.82, 2.24) is 9.88 Å². The van der Waals surface area contributed by atoms with E-state index in [0.717, 1.165) is 30.2 Å². The van der Waals surface area contributed by atoms with Gasteiger partial charge in [0.15, 0.2) is 0 Å². The van der Waals surface area contributed by atoms with Gasteiger partial charge in [-0.05, 0) is 35.2 Å². The van der Waals surface area contributed by atoms with E-state index in [2.05, 4.69) is 11.6 Å². The topological polar surface area (TPSA) is 16.1 Å². The van der Waals surface area contributed by atoms with Crippen molar-refractivity contribution in [3.8, 4) is 11.1 Å². The lowest BCUT2D eigenvalue weighted by Crippen LogP contribution is -2.30. The Labute approximate surface area is 134 Å². The summed E-state index contributed by atoms with van der Waals surface area (Å²) in [6.07, 6.45) is -0.733. The molecule has 0 fully saturated rings. The lowest BCUT2D eigenvalue weighted by atomic mass is 9.95. The molecule has 1 aromatic carbocycles. The fourth-order valence-electron chi connectivity index (χ4n) is 2.77. The average molecular weight is 319 g/mol. The summed E-state index contributed by atoms with van der Waals surface area (Å²) in [4.78, 5) is 5.52. The molecule has 0 saturated carbocycles. The second-order valence-electron chi connectivity index (χ2n) is 5.52. The van der Waals surface area contributed by atoms with Crippen molar-refractivity contribution in [2.75, 3.05) is 13.1 Å². The van der Waals surface area contributed by atoms with Gasteiger partial charge in [-0.3, -0.25) is 9.88 Å². The summed E-state index contributed by atoms with van der Waals surface area (Å²) in [5.41, 5.74) is 2.90. The van der Waals surface area contributed by atoms with Crippen LogP contribution < -0.4 is 0 Å². The van der Waals surface area contributed by atoms with Gasteiger partial charge < -0.3 is 0 Å². The highest BCUT2D eigenvalue weighted by atomic mass is 19.4. The third-order valence-corrected chi connectivity index (χ3v) is 3.95. The molecule has 2 aromatic rings. The SMILES string of the molecule is [2H]C(C=C)N1CCc2ccc(-c3ccc(C(F)(F)F)nc3)cc2C1. The number of halogens is 3. The van der Waals surface area contributed by atoms with Crippen LogP contribution in [0.25, 0.3) is 11.1 Å². The average Bonchev–Trinajstić information content (AvgIpc) is 2.59. The highest BCUT2D eigenvalue weighted by molar-refractivity contribution is 5.64. The maximum absolute atomic E-state index is 12.6. The van der Waals surface area contributed by atoms with Crippen LogP contribution in [-0.4, -0.2) is 22.9 Å². The van der Waals surface area contributed by atoms with E-state index in [1.807, 2.05) is 23.1 Å². The van der Waals surface area contributed by atoms with Crippen molar-refractivity contribution in [1.29, 1.82) is 0 Å². The maximum atomic E-state index is 12.6. The van der Waals surface area contributed by atoms with Crippen molar-refractivity contribution in [2.24, 2.45) is 0 Å². The molecule has 2 nitrogen and oxygen atoms in total. The Bertz CT molecular complexity index is 741. The van der Waals surface area contributed by atoms with Crippen LogP contribution in [0.4, 0.5) is 13.2 Å². The van der Waals surface area contributed by atoms with E-state index in [9.17, 15) is 13.2 Å². The predicted octanol–water partition coefficient (Wildman–Crippen LogP) is 4.31. The van der Waals surface area contributed by atoms with Crippen LogP contribution >= 0.6 is 0 Å². The molecule has 0 radical (unpaired) electrons. The molecule has 0 amide bonds. The fourth-order valence-corrected chi connectivity index (χ4v) is 2.77. The summed E-state index contributed by atoms with van der Waals surface area (Å²) >= 11 is 0. The Balaban J connectivity index is 1.87. The molecule has 0 bridgehead atoms. The summed E-state index contributed by atoms with van der Waals surface area (Å²) in [5, 5.41) is 0. The monoisotopic (exact) mass is 319 g/mol. The Hall–Kier alpha value is -2.14. The van der Waals surface area contributed by atoms with Crippen LogP contribution in [0.3, 0.4) is 0 Å². The molecule has 23 heavy (non-hydrogen) atoms. The molecule has 1 atom stereocenters. The molecule has 3 rings (SSSR count). The third-order valence-electron chi connectivity index (χ3n) is 3.95. The summed E-state index contributed by atoms with van der Waals surface area (Å²) in [5.74, 6) is 0. The summed E-state index contributed by atoms with van der Waals surface area (Å²) in [7, 11) is 0. The molecular formula is C18H17F3N2. The van der Waals surface area contributed by atoms with Crippen LogP contribution in [0.1, 0.15) is 18.2 Å². The summed E-state index contributed by atoms with van der Waals surface area (Å²) in [6, 6.07) is 8.33. The van der Waals surface area contributed by atoms with E-state index in [1.165, 1.54) is 17.8 Å². The van der Waals surface area contributed by atoms with Gasteiger partial charge in [-0.15, -0.1) is 6.58 Å². The lowest BCUT2D eigenvalue weighted by molar-refractivity contribution is -0.141. The standard InChI is InChI=1S/C18H17F3N2/c1-2-8-23-9-7-13-3-4-14(10-16(13)12-23)15-5-6-17(22-11-15)18(19,20)21/h2-6,10-11H,1,7-9,12H2/i8D. The molecular weight excluding hydrogens is 301 g/mol. The van der Waals surface area contributed by atoms with Crippen molar-refractivity contribution in [3.63, 3.8) is 0 Å². The fraction of sp³-hybridized carbons (Fsp3) is 0.278. The first-order chi connectivity index (χ1) is 11.4. The second kappa shape index (κ2) is 6.16. The highest BCUT2D eigenvalue weighted by Gasteiger charge is 2.32. The van der Waals surface area contributed by atoms with Gasteiger partial charge in [0, 0.05) is 32.7 Å². The van der Waals surface area contributed by atoms with Crippen LogP contribution in [0.15, 0.2) is 49.2 Å². The van der Waals surface area contributed by atoms with Crippen LogP contribution in [0.5, 0.6) is 0 Å². The zero-order chi connectivity index (χ0) is 17.3. The predicted molar refractivity (Wildman–Crippen MR) is 83.9 cm³/mol. The highest BCUT2D eigenvalue weighted by Crippen LogP contribution is 2.30. The Morgan fingerprint density at radius 3 is 2.65 bits per heavy atom. The number of benzene rings is 1. The smallest absolute Gasteiger partial charge is 0.295 e. The second-order valence-corrected chi connectivity index (χ2v) is 5.52. The van der Waals surface area contributed by atoms with Gasteiger partial charge in [-0.25, -0.2) is 0 Å². The lowest BCUT2D eigenvalue weighted by Gasteiger charge is -2.28. The number of pyridine rings is 1. The van der Waals surface area contributed by atoms with E-state index in [-0.39, 0.29) is 0 Å². The van der Waals surface area contributed by atoms with E-state index in [0.29, 0.717) is 12.1 Å². The quantitative estimate of drug-likeness (QED) is 0.784. The minimum Gasteiger partial charge on any atom is -0.295 e. The number of fused-ring (bicyclic) bond motifs is 1. The molecule has 1 unspecified atom stereocenters. The van der Waals surface area contributed by atoms with E-state index in [4.69, 9.17) is 1.37 Å². The summed E-state index contributed by atoms with van der Waals surface area (Å²) < 4.78 is 45.8. The minimum atomic E-state index is -4.43. The van der Waals surface area contributed by atoms with Gasteiger partial charge >= 0.3 is 6.18 Å². The molecule has 0 N–H and O–H groups in total. The zero-order valence-electron chi connectivity index (χ0n) is 13.5. The molecule has 0 saturated heterocycles. The van der Waals surface area contributed by atoms with E-state index in [1.54, 1.807) is 6.08 Å². The number of hydrogen-bond acceptors (Lipinski definition) is 2. The number of nitrogens with zero attached hydrogens (tertiary/aromatic N) is 2. The van der Waals surface area contributed by atoms with Gasteiger partial charge in [-0.1, -0.05) is 24.3 Å². The first kappa shape index (κ1) is 14.5. The maximum Gasteiger partial charge on any atom is 0.433 e. The van der Waals surface area contributed by atoms with Crippen LogP contribution in [-0.2, 0) is 19.1 Å². The van der Waals surface area contributed by atoms with Gasteiger partial charge in [0.05, 0.1) is 0 Å². The van der Waals surface area contributed by atoms with Gasteiger partial charge in [0.2, 0.25) is 0 Å². The Morgan fingerprint density at radius 1 is 1.22 bits per heavy atom. The molecule has 0 spiro atoms. The molecule has 1 aromatic heterocycles. The van der Waals surface area contributed by atoms with Crippen LogP contribution in [0, 0.1) is 0 Å². The largest absolute Gasteiger partial charge is 0.433 e. The van der Waals surface area contributed by atoms with Crippen molar-refractivity contribution in [2.45, 2.75) is 19.1 Å². The first-order valence-electron chi connectivity index (χ1n) is 7.90. The van der Waals surface area contributed by atoms with Gasteiger partial charge in [0.25, 0.3) is 0 Å². The molecule has 0 aliphatic carbocycles. The van der Waals surface area contributed by atoms with E-state index >= 15 is 0 Å². The molecule has 5 heteroatoms. The molecule has 2 heterocycles. The normalized spacial score (nSPS) is 17.3. The van der Waals surface area contributed by atoms with Crippen molar-refractivity contribution < 1.29 is 14.5 Å². The zero-order valence-corrected chi connectivity index (χ0v) is 12.5. The van der Waals surface area contributed by atoms with Gasteiger partial charge in [-0.2, -0.15) is 13.2 Å². The van der Waals surface area contributed by atoms with E-state index < -0.39 is 18.4 Å². The van der Waals surface area contributed by atoms with Gasteiger partial charge in [0.1, 0.15) is 5.69 Å². The molecule has 1 aliphatic rings. The number of hydrogen-bond donors (Lipinski definition) is 0. The minimum absolute atomic E-state index is 0.449. The Kier molecular flexibility index (Phi) is 3.87. The first-order valence-corrected chi connectivity index (χ1v) is 7.33. The Morgan fingerprint density at radius 2 is 2.00 bits per heavy atom. The van der Waals surface area contributed by atoms with Crippen molar-refractivity contribution >= 4 is 0 Å². The van der Waals surface area contributed by atoms with Crippen LogP contribution in [0.2, 0.25) is 0 Å². The number of aromatic nitrogens is 1. The summed E-state index contributed by atoms with van der Waals surface area (Å²) in [6.45, 7) is 4.64. The number of rotatable bonds is 3. The molecule has 1 aliphatic heterocycles.